The Balaban J connectivity index is 1.61. The second-order valence-electron chi connectivity index (χ2n) is 6.34. The number of benzene rings is 1. The molecule has 5 nitrogen and oxygen atoms in total. The Bertz CT molecular complexity index is 609. The van der Waals surface area contributed by atoms with Gasteiger partial charge in [0.2, 0.25) is 0 Å². The zero-order chi connectivity index (χ0) is 19.2. The molecule has 0 N–H and O–H groups in total. The van der Waals surface area contributed by atoms with Crippen LogP contribution in [0, 0.1) is 6.92 Å². The van der Waals surface area contributed by atoms with E-state index in [1.807, 2.05) is 36.1 Å². The van der Waals surface area contributed by atoms with E-state index in [0.29, 0.717) is 26.1 Å². The minimum absolute atomic E-state index is 0.0275. The first-order chi connectivity index (χ1) is 12.3. The van der Waals surface area contributed by atoms with Crippen LogP contribution in [0.2, 0.25) is 0 Å². The molecule has 0 unspecified atom stereocenters. The Hall–Kier alpha value is -2.09. The summed E-state index contributed by atoms with van der Waals surface area (Å²) >= 11 is 0. The summed E-state index contributed by atoms with van der Waals surface area (Å²) in [4.78, 5) is 25.6. The molecule has 1 amide bonds. The number of hydrogen-bond donors (Lipinski definition) is 0. The van der Waals surface area contributed by atoms with E-state index in [0.717, 1.165) is 16.0 Å². The number of halogens is 3. The molecule has 0 aromatic heterocycles. The SMILES string of the molecule is Cc1ccc(CCC(=O)OCCN2CCN(C(=O)C(F)(F)F)CC2)cc1. The van der Waals surface area contributed by atoms with Crippen molar-refractivity contribution in [2.24, 2.45) is 0 Å². The quantitative estimate of drug-likeness (QED) is 0.719. The number of rotatable bonds is 6. The topological polar surface area (TPSA) is 49.9 Å². The van der Waals surface area contributed by atoms with Gasteiger partial charge in [-0.15, -0.1) is 0 Å². The van der Waals surface area contributed by atoms with Gasteiger partial charge in [-0.2, -0.15) is 13.2 Å². The zero-order valence-corrected chi connectivity index (χ0v) is 14.7. The fraction of sp³-hybridized carbons (Fsp3) is 0.556. The van der Waals surface area contributed by atoms with E-state index in [-0.39, 0.29) is 32.1 Å². The predicted octanol–water partition coefficient (Wildman–Crippen LogP) is 2.18. The number of piperazine rings is 1. The van der Waals surface area contributed by atoms with Gasteiger partial charge in [-0.3, -0.25) is 14.5 Å². The number of nitrogens with zero attached hydrogens (tertiary/aromatic N) is 2. The van der Waals surface area contributed by atoms with Gasteiger partial charge in [0.05, 0.1) is 0 Å². The molecule has 0 atom stereocenters. The van der Waals surface area contributed by atoms with Crippen LogP contribution < -0.4 is 0 Å². The lowest BCUT2D eigenvalue weighted by Gasteiger charge is -2.34. The molecule has 2 rings (SSSR count). The van der Waals surface area contributed by atoms with Crippen LogP contribution in [0.4, 0.5) is 13.2 Å². The third-order valence-electron chi connectivity index (χ3n) is 4.31. The van der Waals surface area contributed by atoms with Crippen LogP contribution in [-0.4, -0.2) is 67.2 Å². The highest BCUT2D eigenvalue weighted by molar-refractivity contribution is 5.81. The van der Waals surface area contributed by atoms with Crippen LogP contribution in [0.1, 0.15) is 17.5 Å². The summed E-state index contributed by atoms with van der Waals surface area (Å²) in [6, 6.07) is 7.93. The van der Waals surface area contributed by atoms with Gasteiger partial charge < -0.3 is 9.64 Å². The Labute approximate surface area is 150 Å². The first-order valence-electron chi connectivity index (χ1n) is 8.55. The molecule has 1 fully saturated rings. The van der Waals surface area contributed by atoms with E-state index in [1.165, 1.54) is 0 Å². The van der Waals surface area contributed by atoms with Crippen molar-refractivity contribution in [1.82, 2.24) is 9.80 Å². The molecule has 0 radical (unpaired) electrons. The molecule has 0 aliphatic carbocycles. The molecule has 0 spiro atoms. The van der Waals surface area contributed by atoms with Crippen LogP contribution in [-0.2, 0) is 20.7 Å². The molecule has 1 aromatic rings. The van der Waals surface area contributed by atoms with Gasteiger partial charge in [-0.05, 0) is 18.9 Å². The van der Waals surface area contributed by atoms with Gasteiger partial charge >= 0.3 is 18.1 Å². The summed E-state index contributed by atoms with van der Waals surface area (Å²) in [5.74, 6) is -2.09. The van der Waals surface area contributed by atoms with E-state index in [1.54, 1.807) is 0 Å². The summed E-state index contributed by atoms with van der Waals surface area (Å²) in [6.07, 6.45) is -3.93. The van der Waals surface area contributed by atoms with Crippen LogP contribution in [0.25, 0.3) is 0 Å². The lowest BCUT2D eigenvalue weighted by atomic mass is 10.1. The van der Waals surface area contributed by atoms with Crippen molar-refractivity contribution in [1.29, 1.82) is 0 Å². The van der Waals surface area contributed by atoms with Crippen LogP contribution >= 0.6 is 0 Å². The third-order valence-corrected chi connectivity index (χ3v) is 4.31. The lowest BCUT2D eigenvalue weighted by molar-refractivity contribution is -0.187. The first-order valence-corrected chi connectivity index (χ1v) is 8.55. The normalized spacial score (nSPS) is 15.8. The maximum absolute atomic E-state index is 12.4. The lowest BCUT2D eigenvalue weighted by Crippen LogP contribution is -2.52. The highest BCUT2D eigenvalue weighted by Gasteiger charge is 2.43. The van der Waals surface area contributed by atoms with Gasteiger partial charge in [0.15, 0.2) is 0 Å². The zero-order valence-electron chi connectivity index (χ0n) is 14.7. The third kappa shape index (κ3) is 6.33. The van der Waals surface area contributed by atoms with Crippen molar-refractivity contribution in [3.8, 4) is 0 Å². The van der Waals surface area contributed by atoms with Crippen molar-refractivity contribution in [2.45, 2.75) is 25.9 Å². The molecule has 0 bridgehead atoms. The van der Waals surface area contributed by atoms with E-state index in [4.69, 9.17) is 4.74 Å². The molecule has 0 saturated carbocycles. The van der Waals surface area contributed by atoms with E-state index in [2.05, 4.69) is 0 Å². The molecular formula is C18H23F3N2O3. The Morgan fingerprint density at radius 2 is 1.69 bits per heavy atom. The van der Waals surface area contributed by atoms with Gasteiger partial charge in [-0.25, -0.2) is 0 Å². The van der Waals surface area contributed by atoms with Crippen molar-refractivity contribution in [3.63, 3.8) is 0 Å². The van der Waals surface area contributed by atoms with Crippen molar-refractivity contribution in [3.05, 3.63) is 35.4 Å². The minimum Gasteiger partial charge on any atom is -0.464 e. The van der Waals surface area contributed by atoms with Crippen LogP contribution in [0.5, 0.6) is 0 Å². The monoisotopic (exact) mass is 372 g/mol. The van der Waals surface area contributed by atoms with Crippen molar-refractivity contribution in [2.75, 3.05) is 39.3 Å². The molecule has 1 saturated heterocycles. The fourth-order valence-corrected chi connectivity index (χ4v) is 2.72. The Kier molecular flexibility index (Phi) is 7.02. The first kappa shape index (κ1) is 20.2. The molecule has 26 heavy (non-hydrogen) atoms. The summed E-state index contributed by atoms with van der Waals surface area (Å²) in [5.41, 5.74) is 2.23. The molecule has 144 valence electrons. The highest BCUT2D eigenvalue weighted by Crippen LogP contribution is 2.19. The summed E-state index contributed by atoms with van der Waals surface area (Å²) in [5, 5.41) is 0. The van der Waals surface area contributed by atoms with Gasteiger partial charge in [0.1, 0.15) is 6.61 Å². The fourth-order valence-electron chi connectivity index (χ4n) is 2.72. The largest absolute Gasteiger partial charge is 0.471 e. The highest BCUT2D eigenvalue weighted by atomic mass is 19.4. The maximum Gasteiger partial charge on any atom is 0.471 e. The van der Waals surface area contributed by atoms with Gasteiger partial charge in [0, 0.05) is 39.1 Å². The number of carbonyl (C=O) groups is 2. The molecule has 8 heteroatoms. The number of aryl methyl sites for hydroxylation is 2. The number of esters is 1. The summed E-state index contributed by atoms with van der Waals surface area (Å²) in [6.45, 7) is 3.37. The van der Waals surface area contributed by atoms with E-state index < -0.39 is 12.1 Å². The molecule has 1 aromatic carbocycles. The van der Waals surface area contributed by atoms with Crippen molar-refractivity contribution >= 4 is 11.9 Å². The summed E-state index contributed by atoms with van der Waals surface area (Å²) < 4.78 is 42.3. The number of hydrogen-bond acceptors (Lipinski definition) is 4. The number of alkyl halides is 3. The number of carbonyl (C=O) groups excluding carboxylic acids is 2. The Morgan fingerprint density at radius 3 is 2.27 bits per heavy atom. The second-order valence-corrected chi connectivity index (χ2v) is 6.34. The minimum atomic E-state index is -4.82. The van der Waals surface area contributed by atoms with Gasteiger partial charge in [-0.1, -0.05) is 29.8 Å². The average molecular weight is 372 g/mol. The van der Waals surface area contributed by atoms with Crippen LogP contribution in [0.15, 0.2) is 24.3 Å². The molecule has 1 aliphatic rings. The molecule has 1 heterocycles. The standard InChI is InChI=1S/C18H23F3N2O3/c1-14-2-4-15(5-3-14)6-7-16(24)26-13-12-22-8-10-23(11-9-22)17(25)18(19,20)21/h2-5H,6-13H2,1H3. The Morgan fingerprint density at radius 1 is 1.08 bits per heavy atom. The average Bonchev–Trinajstić information content (AvgIpc) is 2.60. The van der Waals surface area contributed by atoms with Crippen LogP contribution in [0.3, 0.4) is 0 Å². The molecule has 1 aliphatic heterocycles. The van der Waals surface area contributed by atoms with Gasteiger partial charge in [0.25, 0.3) is 0 Å². The van der Waals surface area contributed by atoms with E-state index >= 15 is 0 Å². The number of amides is 1. The second kappa shape index (κ2) is 9.02. The smallest absolute Gasteiger partial charge is 0.464 e. The number of ether oxygens (including phenoxy) is 1. The summed E-state index contributed by atoms with van der Waals surface area (Å²) in [7, 11) is 0. The maximum atomic E-state index is 12.4. The van der Waals surface area contributed by atoms with Crippen molar-refractivity contribution < 1.29 is 27.5 Å². The molecular weight excluding hydrogens is 349 g/mol. The predicted molar refractivity (Wildman–Crippen MR) is 89.5 cm³/mol. The van der Waals surface area contributed by atoms with E-state index in [9.17, 15) is 22.8 Å².